The monoisotopic (exact) mass is 293 g/mol. The Bertz CT molecular complexity index is 687. The van der Waals surface area contributed by atoms with Crippen LogP contribution in [0.5, 0.6) is 5.75 Å². The molecule has 22 heavy (non-hydrogen) atoms. The van der Waals surface area contributed by atoms with E-state index in [1.54, 1.807) is 0 Å². The molecule has 2 aromatic carbocycles. The van der Waals surface area contributed by atoms with Crippen LogP contribution in [0.2, 0.25) is 0 Å². The molecule has 1 heterocycles. The summed E-state index contributed by atoms with van der Waals surface area (Å²) in [5, 5.41) is 3.48. The number of nitrogens with one attached hydrogen (secondary N) is 1. The number of aryl methyl sites for hydroxylation is 1. The minimum Gasteiger partial charge on any atom is -0.483 e. The molecule has 1 aliphatic rings. The fourth-order valence-electron chi connectivity index (χ4n) is 2.53. The van der Waals surface area contributed by atoms with Gasteiger partial charge in [0, 0.05) is 17.8 Å². The summed E-state index contributed by atoms with van der Waals surface area (Å²) >= 11 is 0. The molecule has 0 radical (unpaired) electrons. The van der Waals surface area contributed by atoms with Gasteiger partial charge < -0.3 is 10.1 Å². The fourth-order valence-corrected chi connectivity index (χ4v) is 2.53. The van der Waals surface area contributed by atoms with Gasteiger partial charge >= 0.3 is 0 Å². The zero-order valence-corrected chi connectivity index (χ0v) is 13.5. The van der Waals surface area contributed by atoms with Gasteiger partial charge in [0.25, 0.3) is 0 Å². The zero-order chi connectivity index (χ0) is 15.6. The molecule has 1 unspecified atom stereocenters. The largest absolute Gasteiger partial charge is 0.483 e. The maximum Gasteiger partial charge on any atom is 0.127 e. The lowest BCUT2D eigenvalue weighted by Crippen LogP contribution is -2.30. The summed E-state index contributed by atoms with van der Waals surface area (Å²) in [5.74, 6) is 0.965. The molecule has 0 amide bonds. The number of fused-ring (bicyclic) bond motifs is 1. The summed E-state index contributed by atoms with van der Waals surface area (Å²) in [4.78, 5) is 0. The van der Waals surface area contributed by atoms with Crippen LogP contribution in [-0.2, 0) is 6.54 Å². The third-order valence-electron chi connectivity index (χ3n) is 4.29. The molecule has 3 rings (SSSR count). The SMILES string of the molecule is CCC1(C)C=Cc2cc(NCc3ccc(C)cc3)ccc2O1. The summed E-state index contributed by atoms with van der Waals surface area (Å²) in [6, 6.07) is 14.9. The van der Waals surface area contributed by atoms with Crippen LogP contribution in [0.3, 0.4) is 0 Å². The highest BCUT2D eigenvalue weighted by molar-refractivity contribution is 5.66. The van der Waals surface area contributed by atoms with Crippen LogP contribution in [-0.4, -0.2) is 5.60 Å². The van der Waals surface area contributed by atoms with Crippen LogP contribution in [0.15, 0.2) is 48.5 Å². The van der Waals surface area contributed by atoms with Gasteiger partial charge in [0.05, 0.1) is 0 Å². The highest BCUT2D eigenvalue weighted by Crippen LogP contribution is 2.34. The lowest BCUT2D eigenvalue weighted by Gasteiger charge is -2.30. The average molecular weight is 293 g/mol. The van der Waals surface area contributed by atoms with Crippen molar-refractivity contribution in [3.8, 4) is 5.75 Å². The van der Waals surface area contributed by atoms with Crippen molar-refractivity contribution in [2.75, 3.05) is 5.32 Å². The third kappa shape index (κ3) is 3.16. The maximum atomic E-state index is 6.08. The predicted octanol–water partition coefficient (Wildman–Crippen LogP) is 5.18. The molecular formula is C20H23NO. The molecule has 2 aromatic rings. The molecule has 0 saturated heterocycles. The van der Waals surface area contributed by atoms with E-state index in [9.17, 15) is 0 Å². The predicted molar refractivity (Wildman–Crippen MR) is 93.3 cm³/mol. The van der Waals surface area contributed by atoms with E-state index in [-0.39, 0.29) is 5.60 Å². The Morgan fingerprint density at radius 2 is 1.86 bits per heavy atom. The van der Waals surface area contributed by atoms with Crippen molar-refractivity contribution in [1.82, 2.24) is 0 Å². The van der Waals surface area contributed by atoms with Gasteiger partial charge in [-0.1, -0.05) is 42.8 Å². The molecule has 0 saturated carbocycles. The van der Waals surface area contributed by atoms with Gasteiger partial charge in [-0.15, -0.1) is 0 Å². The van der Waals surface area contributed by atoms with Gasteiger partial charge in [0.1, 0.15) is 11.4 Å². The Hall–Kier alpha value is -2.22. The normalized spacial score (nSPS) is 19.4. The first-order chi connectivity index (χ1) is 10.6. The average Bonchev–Trinajstić information content (AvgIpc) is 2.54. The molecule has 1 N–H and O–H groups in total. The maximum absolute atomic E-state index is 6.08. The summed E-state index contributed by atoms with van der Waals surface area (Å²) in [6.45, 7) is 7.20. The van der Waals surface area contributed by atoms with Crippen molar-refractivity contribution in [3.05, 3.63) is 65.2 Å². The number of anilines is 1. The van der Waals surface area contributed by atoms with Gasteiger partial charge in [0.2, 0.25) is 0 Å². The second-order valence-corrected chi connectivity index (χ2v) is 6.19. The topological polar surface area (TPSA) is 21.3 Å². The van der Waals surface area contributed by atoms with Gasteiger partial charge in [-0.2, -0.15) is 0 Å². The standard InChI is InChI=1S/C20H23NO/c1-4-20(3)12-11-17-13-18(9-10-19(17)22-20)21-14-16-7-5-15(2)6-8-16/h5-13,21H,4,14H2,1-3H3. The minimum atomic E-state index is -0.177. The molecule has 0 aliphatic carbocycles. The van der Waals surface area contributed by atoms with Crippen molar-refractivity contribution in [2.24, 2.45) is 0 Å². The molecule has 0 fully saturated rings. The van der Waals surface area contributed by atoms with Gasteiger partial charge in [-0.25, -0.2) is 0 Å². The van der Waals surface area contributed by atoms with E-state index in [4.69, 9.17) is 4.74 Å². The molecule has 114 valence electrons. The van der Waals surface area contributed by atoms with Crippen LogP contribution >= 0.6 is 0 Å². The number of hydrogen-bond donors (Lipinski definition) is 1. The smallest absolute Gasteiger partial charge is 0.127 e. The van der Waals surface area contributed by atoms with Crippen molar-refractivity contribution < 1.29 is 4.74 Å². The lowest BCUT2D eigenvalue weighted by molar-refractivity contribution is 0.133. The number of rotatable bonds is 4. The quantitative estimate of drug-likeness (QED) is 0.838. The molecule has 2 nitrogen and oxygen atoms in total. The molecule has 1 aliphatic heterocycles. The van der Waals surface area contributed by atoms with Crippen molar-refractivity contribution >= 4 is 11.8 Å². The lowest BCUT2D eigenvalue weighted by atomic mass is 9.97. The molecule has 0 spiro atoms. The summed E-state index contributed by atoms with van der Waals surface area (Å²) in [6.07, 6.45) is 5.29. The van der Waals surface area contributed by atoms with Crippen molar-refractivity contribution in [1.29, 1.82) is 0 Å². The van der Waals surface area contributed by atoms with Gasteiger partial charge in [-0.05, 0) is 50.1 Å². The van der Waals surface area contributed by atoms with E-state index in [0.717, 1.165) is 30.0 Å². The van der Waals surface area contributed by atoms with E-state index in [1.807, 2.05) is 0 Å². The van der Waals surface area contributed by atoms with Gasteiger partial charge in [-0.3, -0.25) is 0 Å². The first-order valence-corrected chi connectivity index (χ1v) is 7.90. The Labute approximate surface area is 132 Å². The Kier molecular flexibility index (Phi) is 3.93. The Balaban J connectivity index is 1.71. The second kappa shape index (κ2) is 5.88. The first-order valence-electron chi connectivity index (χ1n) is 7.90. The summed E-state index contributed by atoms with van der Waals surface area (Å²) in [7, 11) is 0. The molecule has 1 atom stereocenters. The summed E-state index contributed by atoms with van der Waals surface area (Å²) < 4.78 is 6.08. The summed E-state index contributed by atoms with van der Waals surface area (Å²) in [5.41, 5.74) is 4.66. The van der Waals surface area contributed by atoms with Crippen LogP contribution in [0.4, 0.5) is 5.69 Å². The van der Waals surface area contributed by atoms with E-state index in [2.05, 4.69) is 80.7 Å². The molecule has 0 bridgehead atoms. The Morgan fingerprint density at radius 1 is 1.09 bits per heavy atom. The van der Waals surface area contributed by atoms with E-state index >= 15 is 0 Å². The van der Waals surface area contributed by atoms with Crippen LogP contribution < -0.4 is 10.1 Å². The molecule has 0 aromatic heterocycles. The first kappa shape index (κ1) is 14.7. The highest BCUT2D eigenvalue weighted by atomic mass is 16.5. The second-order valence-electron chi connectivity index (χ2n) is 6.19. The minimum absolute atomic E-state index is 0.177. The number of benzene rings is 2. The van der Waals surface area contributed by atoms with Crippen LogP contribution in [0, 0.1) is 6.92 Å². The van der Waals surface area contributed by atoms with Crippen molar-refractivity contribution in [3.63, 3.8) is 0 Å². The third-order valence-corrected chi connectivity index (χ3v) is 4.29. The molecular weight excluding hydrogens is 270 g/mol. The fraction of sp³-hybridized carbons (Fsp3) is 0.300. The van der Waals surface area contributed by atoms with Crippen molar-refractivity contribution in [2.45, 2.75) is 39.3 Å². The number of ether oxygens (including phenoxy) is 1. The number of hydrogen-bond acceptors (Lipinski definition) is 2. The van der Waals surface area contributed by atoms with Crippen LogP contribution in [0.1, 0.15) is 37.0 Å². The zero-order valence-electron chi connectivity index (χ0n) is 13.5. The van der Waals surface area contributed by atoms with E-state index < -0.39 is 0 Å². The van der Waals surface area contributed by atoms with Gasteiger partial charge in [0.15, 0.2) is 0 Å². The van der Waals surface area contributed by atoms with E-state index in [1.165, 1.54) is 11.1 Å². The van der Waals surface area contributed by atoms with E-state index in [0.29, 0.717) is 0 Å². The Morgan fingerprint density at radius 3 is 2.59 bits per heavy atom. The highest BCUT2D eigenvalue weighted by Gasteiger charge is 2.25. The van der Waals surface area contributed by atoms with Crippen LogP contribution in [0.25, 0.3) is 6.08 Å². The molecule has 2 heteroatoms.